The van der Waals surface area contributed by atoms with E-state index in [9.17, 15) is 9.59 Å². The summed E-state index contributed by atoms with van der Waals surface area (Å²) in [6.45, 7) is 4.00. The summed E-state index contributed by atoms with van der Waals surface area (Å²) in [5.41, 5.74) is 0.827. The summed E-state index contributed by atoms with van der Waals surface area (Å²) >= 11 is 5.83. The van der Waals surface area contributed by atoms with Crippen LogP contribution in [0.2, 0.25) is 5.02 Å². The highest BCUT2D eigenvalue weighted by atomic mass is 35.5. The molecule has 2 N–H and O–H groups in total. The van der Waals surface area contributed by atoms with Gasteiger partial charge in [0.15, 0.2) is 0 Å². The lowest BCUT2D eigenvalue weighted by atomic mass is 10.2. The van der Waals surface area contributed by atoms with E-state index in [1.165, 1.54) is 6.08 Å². The van der Waals surface area contributed by atoms with Crippen LogP contribution < -0.4 is 10.6 Å². The van der Waals surface area contributed by atoms with Crippen molar-refractivity contribution < 1.29 is 9.59 Å². The number of likely N-dealkylation sites (N-methyl/N-ethyl adjacent to an activating group) is 1. The van der Waals surface area contributed by atoms with Gasteiger partial charge in [0.1, 0.15) is 6.04 Å². The summed E-state index contributed by atoms with van der Waals surface area (Å²) in [5.74, 6) is -0.522. The van der Waals surface area contributed by atoms with Gasteiger partial charge in [-0.05, 0) is 37.6 Å². The van der Waals surface area contributed by atoms with Crippen molar-refractivity contribution in [1.82, 2.24) is 10.6 Å². The molecule has 0 bridgehead atoms. The number of rotatable bonds is 5. The van der Waals surface area contributed by atoms with E-state index in [2.05, 4.69) is 10.6 Å². The summed E-state index contributed by atoms with van der Waals surface area (Å²) in [6, 6.07) is 6.59. The normalized spacial score (nSPS) is 12.2. The predicted octanol–water partition coefficient (Wildman–Crippen LogP) is 1.99. The first-order chi connectivity index (χ1) is 9.02. The molecule has 1 atom stereocenters. The number of hydrogen-bond acceptors (Lipinski definition) is 2. The second-order valence-electron chi connectivity index (χ2n) is 4.01. The highest BCUT2D eigenvalue weighted by Crippen LogP contribution is 2.11. The van der Waals surface area contributed by atoms with Crippen LogP contribution in [0.1, 0.15) is 19.4 Å². The van der Waals surface area contributed by atoms with Crippen LogP contribution in [0.5, 0.6) is 0 Å². The number of halogens is 1. The van der Waals surface area contributed by atoms with Crippen molar-refractivity contribution in [2.75, 3.05) is 6.54 Å². The van der Waals surface area contributed by atoms with Gasteiger partial charge in [0, 0.05) is 17.6 Å². The quantitative estimate of drug-likeness (QED) is 0.811. The summed E-state index contributed by atoms with van der Waals surface area (Å²) in [5, 5.41) is 5.82. The summed E-state index contributed by atoms with van der Waals surface area (Å²) in [7, 11) is 0. The van der Waals surface area contributed by atoms with Crippen molar-refractivity contribution in [2.45, 2.75) is 19.9 Å². The molecule has 1 aromatic carbocycles. The Morgan fingerprint density at radius 3 is 2.79 bits per heavy atom. The highest BCUT2D eigenvalue weighted by molar-refractivity contribution is 6.30. The fraction of sp³-hybridized carbons (Fsp3) is 0.286. The zero-order chi connectivity index (χ0) is 14.3. The van der Waals surface area contributed by atoms with Crippen LogP contribution in [-0.4, -0.2) is 24.4 Å². The summed E-state index contributed by atoms with van der Waals surface area (Å²) in [4.78, 5) is 23.0. The Morgan fingerprint density at radius 1 is 1.42 bits per heavy atom. The molecule has 0 fully saturated rings. The molecule has 4 nitrogen and oxygen atoms in total. The van der Waals surface area contributed by atoms with Crippen LogP contribution in [0, 0.1) is 0 Å². The molecule has 1 aromatic rings. The van der Waals surface area contributed by atoms with Crippen molar-refractivity contribution >= 4 is 29.5 Å². The van der Waals surface area contributed by atoms with Gasteiger partial charge in [-0.1, -0.05) is 23.7 Å². The van der Waals surface area contributed by atoms with E-state index < -0.39 is 6.04 Å². The standard InChI is InChI=1S/C14H17ClN2O2/c1-3-16-14(19)10(2)17-13(18)8-7-11-5-4-6-12(15)9-11/h4-10H,3H2,1-2H3,(H,16,19)(H,17,18)/b8-7+. The fourth-order valence-electron chi connectivity index (χ4n) is 1.44. The van der Waals surface area contributed by atoms with Crippen LogP contribution in [0.15, 0.2) is 30.3 Å². The Balaban J connectivity index is 2.53. The van der Waals surface area contributed by atoms with Crippen LogP contribution in [0.25, 0.3) is 6.08 Å². The number of carbonyl (C=O) groups excluding carboxylic acids is 2. The minimum atomic E-state index is -0.559. The number of benzene rings is 1. The number of carbonyl (C=O) groups is 2. The van der Waals surface area contributed by atoms with Gasteiger partial charge in [-0.2, -0.15) is 0 Å². The zero-order valence-electron chi connectivity index (χ0n) is 10.9. The minimum absolute atomic E-state index is 0.202. The van der Waals surface area contributed by atoms with Gasteiger partial charge in [-0.25, -0.2) is 0 Å². The SMILES string of the molecule is CCNC(=O)C(C)NC(=O)/C=C/c1cccc(Cl)c1. The van der Waals surface area contributed by atoms with E-state index in [0.717, 1.165) is 5.56 Å². The summed E-state index contributed by atoms with van der Waals surface area (Å²) < 4.78 is 0. The van der Waals surface area contributed by atoms with E-state index in [1.54, 1.807) is 31.2 Å². The second kappa shape index (κ2) is 7.59. The van der Waals surface area contributed by atoms with Crippen LogP contribution in [0.3, 0.4) is 0 Å². The molecule has 0 saturated heterocycles. The molecule has 1 unspecified atom stereocenters. The van der Waals surface area contributed by atoms with Crippen LogP contribution in [-0.2, 0) is 9.59 Å². The molecule has 0 aliphatic rings. The smallest absolute Gasteiger partial charge is 0.244 e. The molecular weight excluding hydrogens is 264 g/mol. The average Bonchev–Trinajstić information content (AvgIpc) is 2.36. The van der Waals surface area contributed by atoms with E-state index in [1.807, 2.05) is 13.0 Å². The third-order valence-electron chi connectivity index (χ3n) is 2.38. The molecule has 5 heteroatoms. The lowest BCUT2D eigenvalue weighted by molar-refractivity contribution is -0.126. The lowest BCUT2D eigenvalue weighted by Gasteiger charge is -2.11. The zero-order valence-corrected chi connectivity index (χ0v) is 11.7. The van der Waals surface area contributed by atoms with E-state index in [4.69, 9.17) is 11.6 Å². The molecule has 0 aromatic heterocycles. The first kappa shape index (κ1) is 15.2. The van der Waals surface area contributed by atoms with Crippen molar-refractivity contribution in [2.24, 2.45) is 0 Å². The van der Waals surface area contributed by atoms with Gasteiger partial charge in [-0.15, -0.1) is 0 Å². The van der Waals surface area contributed by atoms with Crippen molar-refractivity contribution in [1.29, 1.82) is 0 Å². The largest absolute Gasteiger partial charge is 0.355 e. The molecule has 0 radical (unpaired) electrons. The van der Waals surface area contributed by atoms with Gasteiger partial charge >= 0.3 is 0 Å². The Kier molecular flexibility index (Phi) is 6.09. The maximum Gasteiger partial charge on any atom is 0.244 e. The number of hydrogen-bond donors (Lipinski definition) is 2. The van der Waals surface area contributed by atoms with Crippen LogP contribution in [0.4, 0.5) is 0 Å². The van der Waals surface area contributed by atoms with Crippen molar-refractivity contribution in [3.05, 3.63) is 40.9 Å². The minimum Gasteiger partial charge on any atom is -0.355 e. The molecule has 2 amide bonds. The molecule has 0 aliphatic carbocycles. The van der Waals surface area contributed by atoms with Crippen molar-refractivity contribution in [3.8, 4) is 0 Å². The second-order valence-corrected chi connectivity index (χ2v) is 4.45. The van der Waals surface area contributed by atoms with Gasteiger partial charge < -0.3 is 10.6 Å². The maximum absolute atomic E-state index is 11.6. The van der Waals surface area contributed by atoms with Gasteiger partial charge in [0.2, 0.25) is 11.8 Å². The molecule has 0 heterocycles. The molecule has 1 rings (SSSR count). The van der Waals surface area contributed by atoms with Crippen LogP contribution >= 0.6 is 11.6 Å². The van der Waals surface area contributed by atoms with Gasteiger partial charge in [0.25, 0.3) is 0 Å². The number of amides is 2. The highest BCUT2D eigenvalue weighted by Gasteiger charge is 2.12. The topological polar surface area (TPSA) is 58.2 Å². The maximum atomic E-state index is 11.6. The summed E-state index contributed by atoms with van der Waals surface area (Å²) in [6.07, 6.45) is 3.02. The molecule has 0 saturated carbocycles. The Hall–Kier alpha value is -1.81. The van der Waals surface area contributed by atoms with Gasteiger partial charge in [0.05, 0.1) is 0 Å². The van der Waals surface area contributed by atoms with E-state index >= 15 is 0 Å². The molecule has 0 aliphatic heterocycles. The number of nitrogens with one attached hydrogen (secondary N) is 2. The monoisotopic (exact) mass is 280 g/mol. The third-order valence-corrected chi connectivity index (χ3v) is 2.61. The average molecular weight is 281 g/mol. The third kappa shape index (κ3) is 5.57. The molecule has 19 heavy (non-hydrogen) atoms. The molecule has 102 valence electrons. The van der Waals surface area contributed by atoms with Gasteiger partial charge in [-0.3, -0.25) is 9.59 Å². The predicted molar refractivity (Wildman–Crippen MR) is 76.8 cm³/mol. The Labute approximate surface area is 117 Å². The van der Waals surface area contributed by atoms with Crippen molar-refractivity contribution in [3.63, 3.8) is 0 Å². The Morgan fingerprint density at radius 2 is 2.16 bits per heavy atom. The Bertz CT molecular complexity index is 486. The first-order valence-corrected chi connectivity index (χ1v) is 6.42. The molecular formula is C14H17ClN2O2. The van der Waals surface area contributed by atoms with E-state index in [-0.39, 0.29) is 11.8 Å². The first-order valence-electron chi connectivity index (χ1n) is 6.04. The lowest BCUT2D eigenvalue weighted by Crippen LogP contribution is -2.44. The molecule has 0 spiro atoms. The van der Waals surface area contributed by atoms with E-state index in [0.29, 0.717) is 11.6 Å². The fourth-order valence-corrected chi connectivity index (χ4v) is 1.64.